The van der Waals surface area contributed by atoms with Crippen LogP contribution < -0.4 is 4.18 Å². The molecule has 28 heavy (non-hydrogen) atoms. The lowest BCUT2D eigenvalue weighted by Gasteiger charge is -2.34. The molecule has 0 saturated heterocycles. The van der Waals surface area contributed by atoms with Crippen molar-refractivity contribution < 1.29 is 44.8 Å². The summed E-state index contributed by atoms with van der Waals surface area (Å²) in [6.45, 7) is 4.25. The summed E-state index contributed by atoms with van der Waals surface area (Å²) in [5, 5.41) is 5.75. The van der Waals surface area contributed by atoms with Gasteiger partial charge in [-0.25, -0.2) is 9.59 Å². The van der Waals surface area contributed by atoms with E-state index in [1.165, 1.54) is 0 Å². The fourth-order valence-corrected chi connectivity index (χ4v) is 2.82. The number of H-pyrrole nitrogens is 1. The first-order valence-electron chi connectivity index (χ1n) is 7.80. The van der Waals surface area contributed by atoms with Crippen molar-refractivity contribution in [3.63, 3.8) is 0 Å². The number of esters is 1. The summed E-state index contributed by atoms with van der Waals surface area (Å²) < 4.78 is 74.1. The Balaban J connectivity index is 2.39. The van der Waals surface area contributed by atoms with Crippen molar-refractivity contribution in [3.8, 4) is 5.88 Å². The molecule has 0 fully saturated rings. The third-order valence-corrected chi connectivity index (χ3v) is 4.53. The Bertz CT molecular complexity index is 874. The van der Waals surface area contributed by atoms with Crippen LogP contribution in [0.5, 0.6) is 5.88 Å². The highest BCUT2D eigenvalue weighted by atomic mass is 32.2. The number of hydrogen-bond donors (Lipinski definition) is 1. The van der Waals surface area contributed by atoms with E-state index in [4.69, 9.17) is 4.74 Å². The summed E-state index contributed by atoms with van der Waals surface area (Å²) >= 11 is 0. The van der Waals surface area contributed by atoms with Crippen molar-refractivity contribution in [2.45, 2.75) is 50.9 Å². The van der Waals surface area contributed by atoms with Crippen LogP contribution in [-0.2, 0) is 37.4 Å². The van der Waals surface area contributed by atoms with E-state index in [0.717, 1.165) is 12.0 Å². The number of nitrogens with zero attached hydrogens (tertiary/aromatic N) is 2. The second-order valence-electron chi connectivity index (χ2n) is 6.82. The number of aromatic amines is 1. The van der Waals surface area contributed by atoms with E-state index < -0.39 is 51.8 Å². The van der Waals surface area contributed by atoms with Gasteiger partial charge in [-0.2, -0.15) is 21.6 Å². The van der Waals surface area contributed by atoms with E-state index in [1.54, 1.807) is 20.8 Å². The predicted molar refractivity (Wildman–Crippen MR) is 85.5 cm³/mol. The van der Waals surface area contributed by atoms with Gasteiger partial charge in [-0.05, 0) is 20.8 Å². The summed E-state index contributed by atoms with van der Waals surface area (Å²) in [5.41, 5.74) is -6.58. The maximum Gasteiger partial charge on any atom is 0.534 e. The lowest BCUT2D eigenvalue weighted by molar-refractivity contribution is -0.147. The second kappa shape index (κ2) is 7.14. The molecule has 2 heterocycles. The predicted octanol–water partition coefficient (Wildman–Crippen LogP) is 1.47. The minimum absolute atomic E-state index is 0.126. The average molecular weight is 429 g/mol. The molecule has 1 unspecified atom stereocenters. The molecule has 158 valence electrons. The number of fused-ring (bicyclic) bond motifs is 1. The molecular weight excluding hydrogens is 411 g/mol. The molecule has 0 saturated carbocycles. The molecule has 1 aromatic rings. The maximum atomic E-state index is 12.6. The van der Waals surface area contributed by atoms with Crippen LogP contribution >= 0.6 is 0 Å². The normalized spacial score (nSPS) is 17.7. The summed E-state index contributed by atoms with van der Waals surface area (Å²) in [5.74, 6) is -1.67. The molecule has 1 aromatic heterocycles. The number of nitrogens with one attached hydrogen (secondary N) is 1. The first-order valence-corrected chi connectivity index (χ1v) is 9.21. The number of rotatable bonds is 3. The highest BCUT2D eigenvalue weighted by molar-refractivity contribution is 7.87. The molecule has 1 aliphatic rings. The van der Waals surface area contributed by atoms with Crippen molar-refractivity contribution in [2.24, 2.45) is 0 Å². The lowest BCUT2D eigenvalue weighted by atomic mass is 10.0. The number of alkyl halides is 3. The molecule has 1 atom stereocenters. The first-order chi connectivity index (χ1) is 12.7. The summed E-state index contributed by atoms with van der Waals surface area (Å²) in [4.78, 5) is 25.4. The smallest absolute Gasteiger partial charge is 0.467 e. The van der Waals surface area contributed by atoms with Crippen molar-refractivity contribution in [1.82, 2.24) is 15.1 Å². The molecule has 1 amide bonds. The van der Waals surface area contributed by atoms with Crippen molar-refractivity contribution in [2.75, 3.05) is 7.11 Å². The second-order valence-corrected chi connectivity index (χ2v) is 8.36. The van der Waals surface area contributed by atoms with E-state index in [0.29, 0.717) is 0 Å². The quantitative estimate of drug-likeness (QED) is 0.435. The number of aromatic nitrogens is 2. The van der Waals surface area contributed by atoms with Gasteiger partial charge in [-0.1, -0.05) is 0 Å². The van der Waals surface area contributed by atoms with E-state index in [1.807, 2.05) is 0 Å². The zero-order valence-corrected chi connectivity index (χ0v) is 16.1. The number of ether oxygens (including phenoxy) is 2. The third kappa shape index (κ3) is 4.48. The standard InChI is InChI=1S/C14H18F3N3O7S/c1-13(2,3)26-12(22)20-6-7-8(5-9(20)11(21)25-4)18-19-10(7)27-28(23,24)14(15,16)17/h9H,5-6H2,1-4H3,(H,18,19). The van der Waals surface area contributed by atoms with Gasteiger partial charge in [0.2, 0.25) is 0 Å². The molecule has 0 radical (unpaired) electrons. The maximum absolute atomic E-state index is 12.6. The summed E-state index contributed by atoms with van der Waals surface area (Å²) in [6.07, 6.45) is -1.16. The number of carbonyl (C=O) groups is 2. The van der Waals surface area contributed by atoms with Crippen LogP contribution in [0.1, 0.15) is 32.0 Å². The van der Waals surface area contributed by atoms with E-state index in [-0.39, 0.29) is 17.7 Å². The van der Waals surface area contributed by atoms with Crippen molar-refractivity contribution in [1.29, 1.82) is 0 Å². The van der Waals surface area contributed by atoms with Gasteiger partial charge in [-0.15, -0.1) is 5.10 Å². The fraction of sp³-hybridized carbons (Fsp3) is 0.643. The Morgan fingerprint density at radius 2 is 1.86 bits per heavy atom. The monoisotopic (exact) mass is 429 g/mol. The van der Waals surface area contributed by atoms with Gasteiger partial charge in [0.25, 0.3) is 5.88 Å². The Labute approximate surface area is 158 Å². The van der Waals surface area contributed by atoms with Gasteiger partial charge >= 0.3 is 27.7 Å². The SMILES string of the molecule is COC(=O)C1Cc2[nH]nc(OS(=O)(=O)C(F)(F)F)c2CN1C(=O)OC(C)(C)C. The summed E-state index contributed by atoms with van der Waals surface area (Å²) in [6, 6.07) is -1.15. The first kappa shape index (κ1) is 21.8. The topological polar surface area (TPSA) is 128 Å². The van der Waals surface area contributed by atoms with Gasteiger partial charge in [0.15, 0.2) is 0 Å². The van der Waals surface area contributed by atoms with Crippen LogP contribution in [0.2, 0.25) is 0 Å². The molecule has 2 rings (SSSR count). The molecular formula is C14H18F3N3O7S. The van der Waals surface area contributed by atoms with Crippen LogP contribution in [0.3, 0.4) is 0 Å². The molecule has 14 heteroatoms. The van der Waals surface area contributed by atoms with Crippen LogP contribution in [0, 0.1) is 0 Å². The largest absolute Gasteiger partial charge is 0.534 e. The van der Waals surface area contributed by atoms with Crippen molar-refractivity contribution >= 4 is 22.2 Å². The average Bonchev–Trinajstić information content (AvgIpc) is 2.91. The number of methoxy groups -OCH3 is 1. The van der Waals surface area contributed by atoms with Crippen LogP contribution in [0.15, 0.2) is 0 Å². The Hall–Kier alpha value is -2.51. The lowest BCUT2D eigenvalue weighted by Crippen LogP contribution is -2.50. The minimum Gasteiger partial charge on any atom is -0.467 e. The van der Waals surface area contributed by atoms with Crippen LogP contribution in [0.4, 0.5) is 18.0 Å². The summed E-state index contributed by atoms with van der Waals surface area (Å²) in [7, 11) is -4.86. The Morgan fingerprint density at radius 3 is 2.36 bits per heavy atom. The minimum atomic E-state index is -5.96. The molecule has 1 N–H and O–H groups in total. The number of hydrogen-bond acceptors (Lipinski definition) is 8. The zero-order valence-electron chi connectivity index (χ0n) is 15.3. The van der Waals surface area contributed by atoms with E-state index >= 15 is 0 Å². The van der Waals surface area contributed by atoms with Gasteiger partial charge in [0, 0.05) is 12.1 Å². The van der Waals surface area contributed by atoms with Crippen LogP contribution in [-0.4, -0.2) is 59.8 Å². The Morgan fingerprint density at radius 1 is 1.25 bits per heavy atom. The van der Waals surface area contributed by atoms with Gasteiger partial charge in [0.05, 0.1) is 19.2 Å². The number of amides is 1. The van der Waals surface area contributed by atoms with E-state index in [2.05, 4.69) is 19.1 Å². The van der Waals surface area contributed by atoms with Gasteiger partial charge in [-0.3, -0.25) is 10.00 Å². The molecule has 0 aliphatic carbocycles. The molecule has 1 aliphatic heterocycles. The Kier molecular flexibility index (Phi) is 5.56. The van der Waals surface area contributed by atoms with Gasteiger partial charge < -0.3 is 13.7 Å². The molecule has 10 nitrogen and oxygen atoms in total. The zero-order chi connectivity index (χ0) is 21.5. The molecule has 0 bridgehead atoms. The number of halogens is 3. The van der Waals surface area contributed by atoms with E-state index in [9.17, 15) is 31.2 Å². The highest BCUT2D eigenvalue weighted by Gasteiger charge is 2.50. The van der Waals surface area contributed by atoms with Crippen molar-refractivity contribution in [3.05, 3.63) is 11.3 Å². The van der Waals surface area contributed by atoms with Crippen LogP contribution in [0.25, 0.3) is 0 Å². The number of carbonyl (C=O) groups excluding carboxylic acids is 2. The molecule has 0 spiro atoms. The highest BCUT2D eigenvalue weighted by Crippen LogP contribution is 2.33. The molecule has 0 aromatic carbocycles. The van der Waals surface area contributed by atoms with Gasteiger partial charge in [0.1, 0.15) is 11.6 Å². The fourth-order valence-electron chi connectivity index (χ4n) is 2.38. The third-order valence-electron chi connectivity index (χ3n) is 3.59.